The van der Waals surface area contributed by atoms with Crippen molar-refractivity contribution in [3.63, 3.8) is 0 Å². The number of benzene rings is 1. The van der Waals surface area contributed by atoms with Gasteiger partial charge in [-0.2, -0.15) is 0 Å². The van der Waals surface area contributed by atoms with Crippen LogP contribution >= 0.6 is 11.6 Å². The topological polar surface area (TPSA) is 0 Å². The Balaban J connectivity index is 2.01. The predicted molar refractivity (Wildman–Crippen MR) is 71.2 cm³/mol. The SMILES string of the molecule is CC(CCl)CCC1CCCc2ccccc21. The molecule has 88 valence electrons. The van der Waals surface area contributed by atoms with Gasteiger partial charge in [-0.15, -0.1) is 11.6 Å². The Morgan fingerprint density at radius 3 is 3.00 bits per heavy atom. The van der Waals surface area contributed by atoms with E-state index in [1.807, 2.05) is 0 Å². The molecule has 0 bridgehead atoms. The molecule has 1 aliphatic carbocycles. The lowest BCUT2D eigenvalue weighted by atomic mass is 9.79. The van der Waals surface area contributed by atoms with E-state index in [0.29, 0.717) is 5.92 Å². The average molecular weight is 237 g/mol. The zero-order valence-corrected chi connectivity index (χ0v) is 10.8. The molecule has 1 heteroatoms. The van der Waals surface area contributed by atoms with Crippen molar-refractivity contribution in [2.24, 2.45) is 5.92 Å². The van der Waals surface area contributed by atoms with Crippen molar-refractivity contribution < 1.29 is 0 Å². The number of alkyl halides is 1. The van der Waals surface area contributed by atoms with Crippen molar-refractivity contribution in [3.05, 3.63) is 35.4 Å². The Bertz CT molecular complexity index is 332. The molecule has 2 atom stereocenters. The lowest BCUT2D eigenvalue weighted by Crippen LogP contribution is -2.11. The molecule has 0 aliphatic heterocycles. The summed E-state index contributed by atoms with van der Waals surface area (Å²) in [5, 5.41) is 0. The van der Waals surface area contributed by atoms with Crippen molar-refractivity contribution >= 4 is 11.6 Å². The van der Waals surface area contributed by atoms with E-state index < -0.39 is 0 Å². The summed E-state index contributed by atoms with van der Waals surface area (Å²) in [7, 11) is 0. The molecule has 0 spiro atoms. The molecule has 0 nitrogen and oxygen atoms in total. The molecule has 2 unspecified atom stereocenters. The van der Waals surface area contributed by atoms with Gasteiger partial charge < -0.3 is 0 Å². The van der Waals surface area contributed by atoms with Crippen molar-refractivity contribution in [1.82, 2.24) is 0 Å². The molecule has 0 heterocycles. The highest BCUT2D eigenvalue weighted by molar-refractivity contribution is 6.18. The Labute approximate surface area is 104 Å². The van der Waals surface area contributed by atoms with E-state index in [4.69, 9.17) is 11.6 Å². The molecule has 1 aliphatic rings. The molecule has 0 aromatic heterocycles. The van der Waals surface area contributed by atoms with Crippen LogP contribution in [0.5, 0.6) is 0 Å². The number of hydrogen-bond donors (Lipinski definition) is 0. The van der Waals surface area contributed by atoms with Crippen LogP contribution in [0.3, 0.4) is 0 Å². The summed E-state index contributed by atoms with van der Waals surface area (Å²) in [5.41, 5.74) is 3.19. The van der Waals surface area contributed by atoms with Gasteiger partial charge in [0, 0.05) is 5.88 Å². The average Bonchev–Trinajstić information content (AvgIpc) is 2.35. The van der Waals surface area contributed by atoms with Crippen LogP contribution in [-0.2, 0) is 6.42 Å². The summed E-state index contributed by atoms with van der Waals surface area (Å²) < 4.78 is 0. The molecule has 1 aromatic carbocycles. The lowest BCUT2D eigenvalue weighted by Gasteiger charge is -2.26. The summed E-state index contributed by atoms with van der Waals surface area (Å²) >= 11 is 5.87. The van der Waals surface area contributed by atoms with E-state index in [1.165, 1.54) is 32.1 Å². The minimum atomic E-state index is 0.663. The van der Waals surface area contributed by atoms with Crippen LogP contribution in [0.25, 0.3) is 0 Å². The molecule has 1 aromatic rings. The monoisotopic (exact) mass is 236 g/mol. The normalized spacial score (nSPS) is 21.5. The molecule has 0 amide bonds. The molecule has 0 saturated heterocycles. The first kappa shape index (κ1) is 12.0. The van der Waals surface area contributed by atoms with Gasteiger partial charge in [0.15, 0.2) is 0 Å². The fourth-order valence-electron chi connectivity index (χ4n) is 2.72. The predicted octanol–water partition coefficient (Wildman–Crippen LogP) is 4.76. The second kappa shape index (κ2) is 5.72. The van der Waals surface area contributed by atoms with Crippen LogP contribution in [0.4, 0.5) is 0 Å². The summed E-state index contributed by atoms with van der Waals surface area (Å²) in [6, 6.07) is 8.97. The third kappa shape index (κ3) is 2.79. The largest absolute Gasteiger partial charge is 0.126 e. The molecule has 0 saturated carbocycles. The highest BCUT2D eigenvalue weighted by Gasteiger charge is 2.19. The minimum absolute atomic E-state index is 0.663. The second-order valence-corrected chi connectivity index (χ2v) is 5.43. The molecule has 2 rings (SSSR count). The molecular weight excluding hydrogens is 216 g/mol. The van der Waals surface area contributed by atoms with E-state index in [-0.39, 0.29) is 0 Å². The van der Waals surface area contributed by atoms with Gasteiger partial charge in [0.1, 0.15) is 0 Å². The summed E-state index contributed by atoms with van der Waals surface area (Å²) in [6.45, 7) is 2.25. The molecule has 0 fully saturated rings. The van der Waals surface area contributed by atoms with E-state index in [0.717, 1.165) is 11.8 Å². The fourth-order valence-corrected chi connectivity index (χ4v) is 2.87. The Morgan fingerprint density at radius 1 is 1.38 bits per heavy atom. The van der Waals surface area contributed by atoms with Crippen LogP contribution in [0.2, 0.25) is 0 Å². The van der Waals surface area contributed by atoms with Gasteiger partial charge in [-0.25, -0.2) is 0 Å². The van der Waals surface area contributed by atoms with Crippen LogP contribution < -0.4 is 0 Å². The molecule has 16 heavy (non-hydrogen) atoms. The lowest BCUT2D eigenvalue weighted by molar-refractivity contribution is 0.458. The van der Waals surface area contributed by atoms with E-state index >= 15 is 0 Å². The maximum absolute atomic E-state index is 5.87. The highest BCUT2D eigenvalue weighted by Crippen LogP contribution is 2.35. The quantitative estimate of drug-likeness (QED) is 0.662. The smallest absolute Gasteiger partial charge is 0.0249 e. The van der Waals surface area contributed by atoms with E-state index in [1.54, 1.807) is 11.1 Å². The summed E-state index contributed by atoms with van der Waals surface area (Å²) in [4.78, 5) is 0. The van der Waals surface area contributed by atoms with Gasteiger partial charge in [0.05, 0.1) is 0 Å². The third-order valence-corrected chi connectivity index (χ3v) is 4.29. The van der Waals surface area contributed by atoms with Gasteiger partial charge >= 0.3 is 0 Å². The first-order valence-electron chi connectivity index (χ1n) is 6.45. The second-order valence-electron chi connectivity index (χ2n) is 5.12. The zero-order chi connectivity index (χ0) is 11.4. The highest BCUT2D eigenvalue weighted by atomic mass is 35.5. The van der Waals surface area contributed by atoms with Gasteiger partial charge in [0.25, 0.3) is 0 Å². The molecular formula is C15H21Cl. The number of hydrogen-bond acceptors (Lipinski definition) is 0. The number of aryl methyl sites for hydroxylation is 1. The molecule has 0 radical (unpaired) electrons. The number of rotatable bonds is 4. The minimum Gasteiger partial charge on any atom is -0.126 e. The molecule has 0 N–H and O–H groups in total. The fraction of sp³-hybridized carbons (Fsp3) is 0.600. The number of fused-ring (bicyclic) bond motifs is 1. The standard InChI is InChI=1S/C15H21Cl/c1-12(11-16)9-10-14-7-4-6-13-5-2-3-8-15(13)14/h2-3,5,8,12,14H,4,6-7,9-11H2,1H3. The van der Waals surface area contributed by atoms with Crippen LogP contribution in [-0.4, -0.2) is 5.88 Å². The van der Waals surface area contributed by atoms with Gasteiger partial charge in [-0.3, -0.25) is 0 Å². The number of halogens is 1. The summed E-state index contributed by atoms with van der Waals surface area (Å²) in [6.07, 6.45) is 6.58. The van der Waals surface area contributed by atoms with Crippen LogP contribution in [0.15, 0.2) is 24.3 Å². The van der Waals surface area contributed by atoms with Crippen molar-refractivity contribution in [2.75, 3.05) is 5.88 Å². The maximum atomic E-state index is 5.87. The van der Waals surface area contributed by atoms with Crippen molar-refractivity contribution in [1.29, 1.82) is 0 Å². The van der Waals surface area contributed by atoms with E-state index in [2.05, 4.69) is 31.2 Å². The first-order valence-corrected chi connectivity index (χ1v) is 6.98. The van der Waals surface area contributed by atoms with Crippen LogP contribution in [0.1, 0.15) is 49.7 Å². The Morgan fingerprint density at radius 2 is 2.19 bits per heavy atom. The Kier molecular flexibility index (Phi) is 4.29. The van der Waals surface area contributed by atoms with Crippen molar-refractivity contribution in [2.45, 2.75) is 44.9 Å². The maximum Gasteiger partial charge on any atom is 0.0249 e. The van der Waals surface area contributed by atoms with Gasteiger partial charge in [-0.1, -0.05) is 31.2 Å². The van der Waals surface area contributed by atoms with Gasteiger partial charge in [0.2, 0.25) is 0 Å². The van der Waals surface area contributed by atoms with Gasteiger partial charge in [-0.05, 0) is 55.1 Å². The summed E-state index contributed by atoms with van der Waals surface area (Å²) in [5.74, 6) is 2.25. The zero-order valence-electron chi connectivity index (χ0n) is 10.1. The first-order chi connectivity index (χ1) is 7.81. The third-order valence-electron chi connectivity index (χ3n) is 3.76. The van der Waals surface area contributed by atoms with Crippen LogP contribution in [0, 0.1) is 5.92 Å². The van der Waals surface area contributed by atoms with E-state index in [9.17, 15) is 0 Å². The Hall–Kier alpha value is -0.490. The van der Waals surface area contributed by atoms with Crippen molar-refractivity contribution in [3.8, 4) is 0 Å².